The standard InChI is InChI=1S/C22H26N4O4S/c1-4-30-16-8-6-5-7-15(16)23-21(27)25-11-13-26(14-12-25)22-24-19-17(28-2)9-10-18(29-3)20(19)31-22/h5-10H,4,11-14H2,1-3H3,(H,23,27). The lowest BCUT2D eigenvalue weighted by Crippen LogP contribution is -2.50. The van der Waals surface area contributed by atoms with E-state index in [0.29, 0.717) is 44.2 Å². The predicted octanol–water partition coefficient (Wildman–Crippen LogP) is 4.07. The van der Waals surface area contributed by atoms with Crippen LogP contribution in [0.2, 0.25) is 0 Å². The van der Waals surface area contributed by atoms with Crippen LogP contribution < -0.4 is 24.4 Å². The molecular formula is C22H26N4O4S. The summed E-state index contributed by atoms with van der Waals surface area (Å²) in [6.07, 6.45) is 0. The second kappa shape index (κ2) is 9.30. The van der Waals surface area contributed by atoms with Gasteiger partial charge in [0.1, 0.15) is 27.5 Å². The monoisotopic (exact) mass is 442 g/mol. The van der Waals surface area contributed by atoms with Gasteiger partial charge in [-0.1, -0.05) is 23.5 Å². The largest absolute Gasteiger partial charge is 0.495 e. The SMILES string of the molecule is CCOc1ccccc1NC(=O)N1CCN(c2nc3c(OC)ccc(OC)c3s2)CC1. The summed E-state index contributed by atoms with van der Waals surface area (Å²) < 4.78 is 17.5. The molecule has 2 aromatic carbocycles. The second-order valence-electron chi connectivity index (χ2n) is 6.98. The zero-order valence-electron chi connectivity index (χ0n) is 17.9. The van der Waals surface area contributed by atoms with E-state index in [2.05, 4.69) is 10.2 Å². The molecule has 1 aliphatic heterocycles. The summed E-state index contributed by atoms with van der Waals surface area (Å²) in [7, 11) is 3.29. The van der Waals surface area contributed by atoms with Gasteiger partial charge in [-0.3, -0.25) is 0 Å². The molecule has 0 spiro atoms. The lowest BCUT2D eigenvalue weighted by molar-refractivity contribution is 0.208. The summed E-state index contributed by atoms with van der Waals surface area (Å²) in [5, 5.41) is 3.87. The summed E-state index contributed by atoms with van der Waals surface area (Å²) in [4.78, 5) is 21.6. The Morgan fingerprint density at radius 3 is 2.45 bits per heavy atom. The van der Waals surface area contributed by atoms with Crippen molar-refractivity contribution in [3.05, 3.63) is 36.4 Å². The number of urea groups is 1. The second-order valence-corrected chi connectivity index (χ2v) is 7.96. The van der Waals surface area contributed by atoms with E-state index < -0.39 is 0 Å². The molecule has 0 unspecified atom stereocenters. The quantitative estimate of drug-likeness (QED) is 0.620. The van der Waals surface area contributed by atoms with Crippen LogP contribution in [0.4, 0.5) is 15.6 Å². The molecule has 8 nitrogen and oxygen atoms in total. The number of ether oxygens (including phenoxy) is 3. The zero-order chi connectivity index (χ0) is 21.8. The smallest absolute Gasteiger partial charge is 0.322 e. The highest BCUT2D eigenvalue weighted by Gasteiger charge is 2.25. The third-order valence-electron chi connectivity index (χ3n) is 5.16. The van der Waals surface area contributed by atoms with E-state index in [1.165, 1.54) is 0 Å². The van der Waals surface area contributed by atoms with E-state index in [9.17, 15) is 4.79 Å². The number of anilines is 2. The van der Waals surface area contributed by atoms with Crippen LogP contribution in [-0.4, -0.2) is 62.9 Å². The summed E-state index contributed by atoms with van der Waals surface area (Å²) in [6.45, 7) is 5.07. The van der Waals surface area contributed by atoms with Crippen LogP contribution in [0.3, 0.4) is 0 Å². The number of carbonyl (C=O) groups excluding carboxylic acids is 1. The van der Waals surface area contributed by atoms with Gasteiger partial charge in [-0.05, 0) is 31.2 Å². The minimum Gasteiger partial charge on any atom is -0.495 e. The Balaban J connectivity index is 1.44. The van der Waals surface area contributed by atoms with Gasteiger partial charge in [0.2, 0.25) is 0 Å². The molecule has 4 rings (SSSR count). The minimum atomic E-state index is -0.126. The molecule has 0 radical (unpaired) electrons. The number of hydrogen-bond acceptors (Lipinski definition) is 7. The molecule has 164 valence electrons. The first-order chi connectivity index (χ1) is 15.1. The fourth-order valence-corrected chi connectivity index (χ4v) is 4.68. The average molecular weight is 443 g/mol. The van der Waals surface area contributed by atoms with Crippen molar-refractivity contribution in [3.63, 3.8) is 0 Å². The Kier molecular flexibility index (Phi) is 6.31. The van der Waals surface area contributed by atoms with Crippen molar-refractivity contribution < 1.29 is 19.0 Å². The number of nitrogens with one attached hydrogen (secondary N) is 1. The molecule has 0 saturated carbocycles. The predicted molar refractivity (Wildman–Crippen MR) is 123 cm³/mol. The van der Waals surface area contributed by atoms with Crippen LogP contribution >= 0.6 is 11.3 Å². The van der Waals surface area contributed by atoms with E-state index in [0.717, 1.165) is 26.8 Å². The molecule has 1 saturated heterocycles. The van der Waals surface area contributed by atoms with Crippen LogP contribution in [-0.2, 0) is 0 Å². The first kappa shape index (κ1) is 21.0. The number of carbonyl (C=O) groups is 1. The number of rotatable bonds is 6. The third kappa shape index (κ3) is 4.32. The lowest BCUT2D eigenvalue weighted by atomic mass is 10.3. The van der Waals surface area contributed by atoms with E-state index in [1.54, 1.807) is 25.6 Å². The lowest BCUT2D eigenvalue weighted by Gasteiger charge is -2.34. The van der Waals surface area contributed by atoms with E-state index in [4.69, 9.17) is 19.2 Å². The molecule has 1 fully saturated rings. The molecule has 3 aromatic rings. The maximum absolute atomic E-state index is 12.8. The summed E-state index contributed by atoms with van der Waals surface area (Å²) in [5.41, 5.74) is 1.48. The number of thiazole rings is 1. The molecule has 9 heteroatoms. The molecule has 0 bridgehead atoms. The van der Waals surface area contributed by atoms with Crippen LogP contribution in [0.5, 0.6) is 17.2 Å². The van der Waals surface area contributed by atoms with Gasteiger partial charge in [0.25, 0.3) is 0 Å². The van der Waals surface area contributed by atoms with Crippen molar-refractivity contribution in [2.75, 3.05) is 57.2 Å². The van der Waals surface area contributed by atoms with Gasteiger partial charge in [-0.15, -0.1) is 0 Å². The number of piperazine rings is 1. The van der Waals surface area contributed by atoms with Gasteiger partial charge in [-0.25, -0.2) is 9.78 Å². The van der Waals surface area contributed by atoms with Gasteiger partial charge in [0, 0.05) is 26.2 Å². The first-order valence-electron chi connectivity index (χ1n) is 10.2. The highest BCUT2D eigenvalue weighted by Crippen LogP contribution is 2.40. The molecule has 0 atom stereocenters. The Labute approximate surface area is 185 Å². The van der Waals surface area contributed by atoms with Crippen LogP contribution in [0.1, 0.15) is 6.92 Å². The topological polar surface area (TPSA) is 76.2 Å². The molecule has 31 heavy (non-hydrogen) atoms. The minimum absolute atomic E-state index is 0.126. The Bertz CT molecular complexity index is 1020. The summed E-state index contributed by atoms with van der Waals surface area (Å²) in [5.74, 6) is 2.18. The van der Waals surface area contributed by atoms with Crippen LogP contribution in [0, 0.1) is 0 Å². The highest BCUT2D eigenvalue weighted by molar-refractivity contribution is 7.22. The maximum Gasteiger partial charge on any atom is 0.322 e. The number of fused-ring (bicyclic) bond motifs is 1. The van der Waals surface area contributed by atoms with E-state index >= 15 is 0 Å². The van der Waals surface area contributed by atoms with Crippen molar-refractivity contribution in [1.82, 2.24) is 9.88 Å². The van der Waals surface area contributed by atoms with Gasteiger partial charge in [0.05, 0.1) is 26.5 Å². The Morgan fingerprint density at radius 2 is 1.74 bits per heavy atom. The first-order valence-corrected chi connectivity index (χ1v) is 11.0. The molecule has 0 aliphatic carbocycles. The van der Waals surface area contributed by atoms with Gasteiger partial charge < -0.3 is 29.3 Å². The van der Waals surface area contributed by atoms with Crippen LogP contribution in [0.15, 0.2) is 36.4 Å². The molecule has 1 N–H and O–H groups in total. The van der Waals surface area contributed by atoms with Gasteiger partial charge >= 0.3 is 6.03 Å². The third-order valence-corrected chi connectivity index (χ3v) is 6.30. The molecular weight excluding hydrogens is 416 g/mol. The maximum atomic E-state index is 12.8. The van der Waals surface area contributed by atoms with Gasteiger partial charge in [0.15, 0.2) is 5.13 Å². The van der Waals surface area contributed by atoms with Crippen molar-refractivity contribution in [3.8, 4) is 17.2 Å². The van der Waals surface area contributed by atoms with Crippen LogP contribution in [0.25, 0.3) is 10.2 Å². The zero-order valence-corrected chi connectivity index (χ0v) is 18.7. The normalized spacial score (nSPS) is 13.9. The Morgan fingerprint density at radius 1 is 1.03 bits per heavy atom. The number of amides is 2. The van der Waals surface area contributed by atoms with Crippen molar-refractivity contribution in [2.45, 2.75) is 6.92 Å². The number of methoxy groups -OCH3 is 2. The summed E-state index contributed by atoms with van der Waals surface area (Å²) in [6, 6.07) is 11.1. The molecule has 2 amide bonds. The molecule has 2 heterocycles. The molecule has 1 aliphatic rings. The number of aromatic nitrogens is 1. The fraction of sp³-hybridized carbons (Fsp3) is 0.364. The number of para-hydroxylation sites is 2. The van der Waals surface area contributed by atoms with E-state index in [-0.39, 0.29) is 6.03 Å². The van der Waals surface area contributed by atoms with Crippen molar-refractivity contribution in [2.24, 2.45) is 0 Å². The highest BCUT2D eigenvalue weighted by atomic mass is 32.1. The number of benzene rings is 2. The fourth-order valence-electron chi connectivity index (χ4n) is 3.56. The van der Waals surface area contributed by atoms with Gasteiger partial charge in [-0.2, -0.15) is 0 Å². The number of hydrogen-bond donors (Lipinski definition) is 1. The average Bonchev–Trinajstić information content (AvgIpc) is 3.25. The summed E-state index contributed by atoms with van der Waals surface area (Å²) >= 11 is 1.58. The molecule has 1 aromatic heterocycles. The Hall–Kier alpha value is -3.20. The van der Waals surface area contributed by atoms with Crippen molar-refractivity contribution in [1.29, 1.82) is 0 Å². The van der Waals surface area contributed by atoms with E-state index in [1.807, 2.05) is 48.2 Å². The van der Waals surface area contributed by atoms with Crippen molar-refractivity contribution >= 4 is 38.4 Å². The number of nitrogens with zero attached hydrogens (tertiary/aromatic N) is 3.